The van der Waals surface area contributed by atoms with Crippen molar-refractivity contribution in [3.05, 3.63) is 54.2 Å². The van der Waals surface area contributed by atoms with Gasteiger partial charge in [0.2, 0.25) is 15.9 Å². The van der Waals surface area contributed by atoms with Crippen LogP contribution in [0.5, 0.6) is 11.6 Å². The van der Waals surface area contributed by atoms with Crippen LogP contribution in [0.2, 0.25) is 0 Å². The second-order valence-electron chi connectivity index (χ2n) is 6.24. The van der Waals surface area contributed by atoms with Crippen LogP contribution in [0.4, 0.5) is 13.2 Å². The monoisotopic (exact) mass is 416 g/mol. The predicted octanol–water partition coefficient (Wildman–Crippen LogP) is 2.96. The lowest BCUT2D eigenvalue weighted by atomic mass is 10.2. The first-order chi connectivity index (χ1) is 13.2. The van der Waals surface area contributed by atoms with Crippen molar-refractivity contribution in [2.75, 3.05) is 25.4 Å². The fraction of sp³-hybridized carbons (Fsp3) is 0.389. The highest BCUT2D eigenvalue weighted by Gasteiger charge is 2.34. The Bertz CT molecular complexity index is 891. The van der Waals surface area contributed by atoms with Crippen LogP contribution in [0, 0.1) is 0 Å². The molecule has 1 aliphatic rings. The van der Waals surface area contributed by atoms with E-state index in [1.165, 1.54) is 4.31 Å². The highest BCUT2D eigenvalue weighted by molar-refractivity contribution is 7.89. The summed E-state index contributed by atoms with van der Waals surface area (Å²) in [6, 6.07) is 10.5. The maximum atomic E-state index is 12.8. The molecule has 1 fully saturated rings. The summed E-state index contributed by atoms with van der Waals surface area (Å²) >= 11 is 0. The number of halogens is 3. The molecule has 6 nitrogen and oxygen atoms in total. The van der Waals surface area contributed by atoms with Gasteiger partial charge in [0.25, 0.3) is 0 Å². The van der Waals surface area contributed by atoms with Crippen LogP contribution in [-0.4, -0.2) is 49.3 Å². The van der Waals surface area contributed by atoms with Crippen molar-refractivity contribution in [2.45, 2.75) is 18.7 Å². The van der Waals surface area contributed by atoms with Gasteiger partial charge in [-0.3, -0.25) is 0 Å². The molecule has 0 amide bonds. The molecule has 1 aromatic heterocycles. The van der Waals surface area contributed by atoms with E-state index < -0.39 is 27.9 Å². The molecule has 1 saturated heterocycles. The molecule has 0 bridgehead atoms. The second-order valence-corrected chi connectivity index (χ2v) is 8.33. The Labute approximate surface area is 161 Å². The van der Waals surface area contributed by atoms with Gasteiger partial charge in [0.05, 0.1) is 17.9 Å². The Kier molecular flexibility index (Phi) is 6.09. The van der Waals surface area contributed by atoms with Gasteiger partial charge < -0.3 is 9.47 Å². The number of hydrogen-bond donors (Lipinski definition) is 0. The minimum absolute atomic E-state index is 0.00353. The molecule has 2 aromatic rings. The lowest BCUT2D eigenvalue weighted by Crippen LogP contribution is -2.34. The molecule has 1 atom stereocenters. The Morgan fingerprint density at radius 3 is 2.64 bits per heavy atom. The van der Waals surface area contributed by atoms with Gasteiger partial charge >= 0.3 is 6.18 Å². The number of sulfonamides is 1. The second kappa shape index (κ2) is 8.36. The fourth-order valence-corrected chi connectivity index (χ4v) is 4.11. The van der Waals surface area contributed by atoms with E-state index in [9.17, 15) is 21.6 Å². The van der Waals surface area contributed by atoms with Crippen molar-refractivity contribution < 1.29 is 31.1 Å². The van der Waals surface area contributed by atoms with E-state index in [0.29, 0.717) is 12.2 Å². The third-order valence-electron chi connectivity index (χ3n) is 4.20. The molecule has 152 valence electrons. The summed E-state index contributed by atoms with van der Waals surface area (Å²) in [6.07, 6.45) is -3.66. The van der Waals surface area contributed by atoms with E-state index in [-0.39, 0.29) is 31.3 Å². The normalized spacial score (nSPS) is 18.2. The molecule has 1 unspecified atom stereocenters. The molecular formula is C18H19F3N2O4S. The number of alkyl halides is 3. The fourth-order valence-electron chi connectivity index (χ4n) is 2.78. The highest BCUT2D eigenvalue weighted by Crippen LogP contribution is 2.31. The maximum absolute atomic E-state index is 12.8. The smallest absolute Gasteiger partial charge is 0.416 e. The van der Waals surface area contributed by atoms with E-state index in [2.05, 4.69) is 4.98 Å². The zero-order valence-electron chi connectivity index (χ0n) is 14.8. The van der Waals surface area contributed by atoms with Crippen LogP contribution in [0.3, 0.4) is 0 Å². The molecule has 0 saturated carbocycles. The van der Waals surface area contributed by atoms with Crippen molar-refractivity contribution in [3.8, 4) is 11.6 Å². The van der Waals surface area contributed by atoms with Gasteiger partial charge in [-0.05, 0) is 24.6 Å². The minimum atomic E-state index is -4.50. The summed E-state index contributed by atoms with van der Waals surface area (Å²) in [5.41, 5.74) is -0.863. The average Bonchev–Trinajstić information content (AvgIpc) is 3.11. The summed E-state index contributed by atoms with van der Waals surface area (Å²) in [5, 5.41) is 0. The SMILES string of the molecule is O=S(=O)(CCOc1ccccc1)N1CCC(Oc2cc(C(F)(F)F)ccn2)C1. The van der Waals surface area contributed by atoms with Gasteiger partial charge in [-0.1, -0.05) is 18.2 Å². The van der Waals surface area contributed by atoms with E-state index in [0.717, 1.165) is 18.3 Å². The molecule has 0 aliphatic carbocycles. The van der Waals surface area contributed by atoms with Gasteiger partial charge in [-0.25, -0.2) is 13.4 Å². The number of pyridine rings is 1. The molecule has 0 N–H and O–H groups in total. The number of ether oxygens (including phenoxy) is 2. The number of hydrogen-bond acceptors (Lipinski definition) is 5. The minimum Gasteiger partial charge on any atom is -0.492 e. The molecule has 10 heteroatoms. The molecule has 28 heavy (non-hydrogen) atoms. The Morgan fingerprint density at radius 1 is 1.18 bits per heavy atom. The Balaban J connectivity index is 1.53. The molecule has 1 aromatic carbocycles. The number of para-hydroxylation sites is 1. The van der Waals surface area contributed by atoms with Crippen molar-refractivity contribution in [3.63, 3.8) is 0 Å². The molecule has 1 aliphatic heterocycles. The van der Waals surface area contributed by atoms with Crippen LogP contribution in [0.25, 0.3) is 0 Å². The van der Waals surface area contributed by atoms with Gasteiger partial charge in [0, 0.05) is 18.8 Å². The van der Waals surface area contributed by atoms with Gasteiger partial charge in [0.15, 0.2) is 0 Å². The molecule has 3 rings (SSSR count). The maximum Gasteiger partial charge on any atom is 0.416 e. The quantitative estimate of drug-likeness (QED) is 0.694. The number of aromatic nitrogens is 1. The highest BCUT2D eigenvalue weighted by atomic mass is 32.2. The van der Waals surface area contributed by atoms with E-state index in [1.807, 2.05) is 6.07 Å². The van der Waals surface area contributed by atoms with E-state index in [1.54, 1.807) is 24.3 Å². The summed E-state index contributed by atoms with van der Waals surface area (Å²) < 4.78 is 75.3. The largest absolute Gasteiger partial charge is 0.492 e. The first-order valence-corrected chi connectivity index (χ1v) is 10.2. The van der Waals surface area contributed by atoms with Crippen LogP contribution >= 0.6 is 0 Å². The Morgan fingerprint density at radius 2 is 1.93 bits per heavy atom. The third kappa shape index (κ3) is 5.35. The molecule has 2 heterocycles. The van der Waals surface area contributed by atoms with Crippen molar-refractivity contribution in [2.24, 2.45) is 0 Å². The van der Waals surface area contributed by atoms with E-state index >= 15 is 0 Å². The third-order valence-corrected chi connectivity index (χ3v) is 6.00. The van der Waals surface area contributed by atoms with Crippen LogP contribution < -0.4 is 9.47 Å². The predicted molar refractivity (Wildman–Crippen MR) is 95.6 cm³/mol. The number of benzene rings is 1. The zero-order valence-corrected chi connectivity index (χ0v) is 15.6. The van der Waals surface area contributed by atoms with Crippen LogP contribution in [0.15, 0.2) is 48.7 Å². The Hall–Kier alpha value is -2.33. The summed E-state index contributed by atoms with van der Waals surface area (Å²) in [4.78, 5) is 3.78. The zero-order chi connectivity index (χ0) is 20.2. The standard InChI is InChI=1S/C18H19F3N2O4S/c19-18(20,21)14-6-8-22-17(12-14)27-16-7-9-23(13-16)28(24,25)11-10-26-15-4-2-1-3-5-15/h1-6,8,12,16H,7,9-11,13H2. The van der Waals surface area contributed by atoms with Crippen molar-refractivity contribution in [1.29, 1.82) is 0 Å². The van der Waals surface area contributed by atoms with E-state index in [4.69, 9.17) is 9.47 Å². The number of rotatable bonds is 7. The lowest BCUT2D eigenvalue weighted by Gasteiger charge is -2.17. The van der Waals surface area contributed by atoms with Gasteiger partial charge in [0.1, 0.15) is 18.5 Å². The lowest BCUT2D eigenvalue weighted by molar-refractivity contribution is -0.137. The van der Waals surface area contributed by atoms with Gasteiger partial charge in [-0.2, -0.15) is 17.5 Å². The molecule has 0 radical (unpaired) electrons. The van der Waals surface area contributed by atoms with Gasteiger partial charge in [-0.15, -0.1) is 0 Å². The van der Waals surface area contributed by atoms with Crippen LogP contribution in [0.1, 0.15) is 12.0 Å². The van der Waals surface area contributed by atoms with Crippen molar-refractivity contribution in [1.82, 2.24) is 9.29 Å². The van der Waals surface area contributed by atoms with Crippen LogP contribution in [-0.2, 0) is 16.2 Å². The number of nitrogens with zero attached hydrogens (tertiary/aromatic N) is 2. The topological polar surface area (TPSA) is 68.7 Å². The molecule has 0 spiro atoms. The average molecular weight is 416 g/mol. The summed E-state index contributed by atoms with van der Waals surface area (Å²) in [5.74, 6) is 0.207. The molecular weight excluding hydrogens is 397 g/mol. The first-order valence-electron chi connectivity index (χ1n) is 8.59. The first kappa shape index (κ1) is 20.4. The summed E-state index contributed by atoms with van der Waals surface area (Å²) in [6.45, 7) is 0.298. The van der Waals surface area contributed by atoms with Crippen molar-refractivity contribution >= 4 is 10.0 Å². The summed E-state index contributed by atoms with van der Waals surface area (Å²) in [7, 11) is -3.56.